The zero-order chi connectivity index (χ0) is 9.35. The van der Waals surface area contributed by atoms with Gasteiger partial charge in [0.25, 0.3) is 0 Å². The minimum absolute atomic E-state index is 0.327. The lowest BCUT2D eigenvalue weighted by Crippen LogP contribution is -2.40. The van der Waals surface area contributed by atoms with Crippen LogP contribution in [0.3, 0.4) is 0 Å². The third kappa shape index (κ3) is 1.15. The first kappa shape index (κ1) is 8.97. The van der Waals surface area contributed by atoms with E-state index in [1.165, 1.54) is 0 Å². The van der Waals surface area contributed by atoms with E-state index in [0.29, 0.717) is 12.1 Å². The van der Waals surface area contributed by atoms with Gasteiger partial charge in [-0.1, -0.05) is 13.8 Å². The maximum Gasteiger partial charge on any atom is 0.321 e. The molecule has 0 spiro atoms. The minimum atomic E-state index is -0.926. The molecule has 1 fully saturated rings. The summed E-state index contributed by atoms with van der Waals surface area (Å²) in [7, 11) is 0. The highest BCUT2D eigenvalue weighted by Gasteiger charge is 2.43. The molecule has 4 nitrogen and oxygen atoms in total. The Labute approximate surface area is 70.3 Å². The second-order valence-electron chi connectivity index (χ2n) is 3.45. The molecule has 0 aromatic rings. The first-order valence-electron chi connectivity index (χ1n) is 3.70. The molecule has 4 heteroatoms. The molecule has 0 radical (unpaired) electrons. The monoisotopic (exact) mass is 169 g/mol. The van der Waals surface area contributed by atoms with Gasteiger partial charge in [0, 0.05) is 17.5 Å². The number of carbonyl (C=O) groups excluding carboxylic acids is 1. The van der Waals surface area contributed by atoms with Crippen LogP contribution in [0, 0.1) is 5.41 Å². The zero-order valence-electron chi connectivity index (χ0n) is 7.05. The first-order chi connectivity index (χ1) is 5.50. The molecular weight excluding hydrogens is 158 g/mol. The fourth-order valence-corrected chi connectivity index (χ4v) is 1.42. The van der Waals surface area contributed by atoms with E-state index in [4.69, 9.17) is 5.11 Å². The van der Waals surface area contributed by atoms with Crippen molar-refractivity contribution in [3.05, 3.63) is 5.57 Å². The van der Waals surface area contributed by atoms with Crippen LogP contribution in [0.4, 0.5) is 0 Å². The van der Waals surface area contributed by atoms with Gasteiger partial charge in [-0.25, -0.2) is 4.79 Å². The van der Waals surface area contributed by atoms with E-state index in [1.54, 1.807) is 19.8 Å². The summed E-state index contributed by atoms with van der Waals surface area (Å²) in [4.78, 5) is 21.1. The van der Waals surface area contributed by atoms with Crippen LogP contribution in [-0.2, 0) is 9.59 Å². The number of carbonyl (C=O) groups is 1. The number of carboxylic acid groups (broad SMARTS) is 1. The average Bonchev–Trinajstić information content (AvgIpc) is 2.24. The van der Waals surface area contributed by atoms with Crippen molar-refractivity contribution in [1.29, 1.82) is 0 Å². The van der Waals surface area contributed by atoms with Crippen molar-refractivity contribution >= 4 is 11.9 Å². The molecule has 0 saturated carbocycles. The van der Waals surface area contributed by atoms with Crippen molar-refractivity contribution in [2.24, 2.45) is 5.41 Å². The predicted octanol–water partition coefficient (Wildman–Crippen LogP) is -0.173. The molecule has 0 aromatic heterocycles. The Morgan fingerprint density at radius 1 is 1.75 bits per heavy atom. The smallest absolute Gasteiger partial charge is 0.321 e. The number of hydrogen-bond donors (Lipinski definition) is 2. The van der Waals surface area contributed by atoms with E-state index in [0.717, 1.165) is 0 Å². The van der Waals surface area contributed by atoms with Crippen LogP contribution in [0.1, 0.15) is 13.8 Å². The summed E-state index contributed by atoms with van der Waals surface area (Å²) in [6.07, 6.45) is 0. The Morgan fingerprint density at radius 3 is 2.58 bits per heavy atom. The molecule has 1 aliphatic heterocycles. The lowest BCUT2D eigenvalue weighted by atomic mass is 9.82. The lowest BCUT2D eigenvalue weighted by molar-refractivity contribution is -0.141. The maximum absolute atomic E-state index is 10.7. The Hall–Kier alpha value is -1.12. The van der Waals surface area contributed by atoms with Crippen molar-refractivity contribution in [2.75, 3.05) is 6.54 Å². The van der Waals surface area contributed by atoms with Gasteiger partial charge < -0.3 is 5.11 Å². The summed E-state index contributed by atoms with van der Waals surface area (Å²) in [5, 5.41) is 11.5. The molecule has 1 unspecified atom stereocenters. The predicted molar refractivity (Wildman–Crippen MR) is 42.4 cm³/mol. The highest BCUT2D eigenvalue weighted by Crippen LogP contribution is 2.33. The van der Waals surface area contributed by atoms with Gasteiger partial charge >= 0.3 is 5.97 Å². The van der Waals surface area contributed by atoms with Gasteiger partial charge in [-0.05, 0) is 0 Å². The summed E-state index contributed by atoms with van der Waals surface area (Å²) in [5.74, 6) is 0.854. The summed E-state index contributed by atoms with van der Waals surface area (Å²) in [5.41, 5.74) is -0.122. The standard InChI is InChI=1S/C8H11NO3/c1-8(2)5(4-10)3-9-6(8)7(11)12/h6,9H,3H2,1-2H3,(H,11,12). The number of rotatable bonds is 1. The summed E-state index contributed by atoms with van der Waals surface area (Å²) < 4.78 is 0. The summed E-state index contributed by atoms with van der Waals surface area (Å²) >= 11 is 0. The van der Waals surface area contributed by atoms with E-state index in [9.17, 15) is 9.59 Å². The molecule has 0 bridgehead atoms. The van der Waals surface area contributed by atoms with Gasteiger partial charge in [0.1, 0.15) is 12.0 Å². The van der Waals surface area contributed by atoms with Crippen molar-refractivity contribution < 1.29 is 14.7 Å². The van der Waals surface area contributed by atoms with Gasteiger partial charge in [0.2, 0.25) is 0 Å². The quantitative estimate of drug-likeness (QED) is 0.535. The highest BCUT2D eigenvalue weighted by molar-refractivity contribution is 5.78. The Morgan fingerprint density at radius 2 is 2.33 bits per heavy atom. The Bertz CT molecular complexity index is 263. The Kier molecular flexibility index (Phi) is 2.04. The molecular formula is C8H11NO3. The van der Waals surface area contributed by atoms with E-state index in [-0.39, 0.29) is 0 Å². The normalized spacial score (nSPS) is 26.8. The van der Waals surface area contributed by atoms with Crippen LogP contribution in [0.15, 0.2) is 5.57 Å². The van der Waals surface area contributed by atoms with Crippen LogP contribution >= 0.6 is 0 Å². The molecule has 0 aliphatic carbocycles. The van der Waals surface area contributed by atoms with Crippen LogP contribution < -0.4 is 5.32 Å². The second kappa shape index (κ2) is 2.73. The van der Waals surface area contributed by atoms with Gasteiger partial charge in [-0.15, -0.1) is 0 Å². The lowest BCUT2D eigenvalue weighted by Gasteiger charge is -2.22. The topological polar surface area (TPSA) is 66.4 Å². The highest BCUT2D eigenvalue weighted by atomic mass is 16.4. The third-order valence-electron chi connectivity index (χ3n) is 2.35. The molecule has 12 heavy (non-hydrogen) atoms. The van der Waals surface area contributed by atoms with Gasteiger partial charge in [-0.2, -0.15) is 0 Å². The van der Waals surface area contributed by atoms with Crippen molar-refractivity contribution in [2.45, 2.75) is 19.9 Å². The number of hydrogen-bond acceptors (Lipinski definition) is 3. The molecule has 1 rings (SSSR count). The fraction of sp³-hybridized carbons (Fsp3) is 0.625. The number of aliphatic carboxylic acids is 1. The first-order valence-corrected chi connectivity index (χ1v) is 3.70. The van der Waals surface area contributed by atoms with E-state index >= 15 is 0 Å². The maximum atomic E-state index is 10.7. The minimum Gasteiger partial charge on any atom is -0.480 e. The van der Waals surface area contributed by atoms with Crippen LogP contribution in [0.5, 0.6) is 0 Å². The van der Waals surface area contributed by atoms with E-state index in [1.807, 2.05) is 0 Å². The zero-order valence-corrected chi connectivity index (χ0v) is 7.05. The number of carboxylic acids is 1. The third-order valence-corrected chi connectivity index (χ3v) is 2.35. The van der Waals surface area contributed by atoms with Crippen LogP contribution in [0.2, 0.25) is 0 Å². The number of nitrogens with one attached hydrogen (secondary N) is 1. The van der Waals surface area contributed by atoms with Crippen LogP contribution in [0.25, 0.3) is 0 Å². The molecule has 1 heterocycles. The van der Waals surface area contributed by atoms with Crippen molar-refractivity contribution in [3.63, 3.8) is 0 Å². The molecule has 2 N–H and O–H groups in total. The average molecular weight is 169 g/mol. The molecule has 1 aliphatic rings. The largest absolute Gasteiger partial charge is 0.480 e. The van der Waals surface area contributed by atoms with E-state index in [2.05, 4.69) is 5.32 Å². The molecule has 0 aromatic carbocycles. The van der Waals surface area contributed by atoms with Crippen molar-refractivity contribution in [3.8, 4) is 0 Å². The second-order valence-corrected chi connectivity index (χ2v) is 3.45. The molecule has 0 amide bonds. The molecule has 1 saturated heterocycles. The molecule has 66 valence electrons. The Balaban J connectivity index is 3.00. The SMILES string of the molecule is CC1(C)C(=C=O)CNC1C(=O)O. The van der Waals surface area contributed by atoms with Crippen molar-refractivity contribution in [1.82, 2.24) is 5.32 Å². The van der Waals surface area contributed by atoms with Gasteiger partial charge in [0.15, 0.2) is 0 Å². The van der Waals surface area contributed by atoms with Crippen LogP contribution in [-0.4, -0.2) is 29.6 Å². The van der Waals surface area contributed by atoms with Gasteiger partial charge in [-0.3, -0.25) is 10.1 Å². The summed E-state index contributed by atoms with van der Waals surface area (Å²) in [6, 6.07) is -0.672. The molecule has 1 atom stereocenters. The fourth-order valence-electron chi connectivity index (χ4n) is 1.42. The summed E-state index contributed by atoms with van der Waals surface area (Å²) in [6.45, 7) is 3.78. The van der Waals surface area contributed by atoms with E-state index < -0.39 is 17.4 Å². The van der Waals surface area contributed by atoms with Gasteiger partial charge in [0.05, 0.1) is 0 Å².